The van der Waals surface area contributed by atoms with Crippen LogP contribution in [0.1, 0.15) is 18.5 Å². The summed E-state index contributed by atoms with van der Waals surface area (Å²) in [6.07, 6.45) is 6.60. The van der Waals surface area contributed by atoms with Crippen molar-refractivity contribution in [3.8, 4) is 28.6 Å². The third-order valence-corrected chi connectivity index (χ3v) is 5.96. The molecule has 5 rings (SSSR count). The highest BCUT2D eigenvalue weighted by atomic mass is 16.5. The van der Waals surface area contributed by atoms with Crippen molar-refractivity contribution in [2.45, 2.75) is 13.0 Å². The molecule has 0 bridgehead atoms. The fraction of sp³-hybridized carbons (Fsp3) is 0.192. The number of amides is 1. The number of hydrogen-bond donors (Lipinski definition) is 2. The number of nitrogens with one attached hydrogen (secondary N) is 2. The van der Waals surface area contributed by atoms with Crippen molar-refractivity contribution in [2.24, 2.45) is 0 Å². The van der Waals surface area contributed by atoms with Gasteiger partial charge in [-0.25, -0.2) is 4.68 Å². The zero-order valence-electron chi connectivity index (χ0n) is 20.7. The number of methoxy groups -OCH3 is 3. The van der Waals surface area contributed by atoms with Gasteiger partial charge in [-0.2, -0.15) is 4.98 Å². The number of aromatic nitrogens is 5. The van der Waals surface area contributed by atoms with Crippen LogP contribution in [0.15, 0.2) is 72.5 Å². The van der Waals surface area contributed by atoms with Gasteiger partial charge in [-0.05, 0) is 48.9 Å². The summed E-state index contributed by atoms with van der Waals surface area (Å²) in [7, 11) is 4.64. The predicted octanol–water partition coefficient (Wildman–Crippen LogP) is 3.69. The summed E-state index contributed by atoms with van der Waals surface area (Å²) in [5, 5.41) is 11.0. The van der Waals surface area contributed by atoms with Crippen molar-refractivity contribution >= 4 is 17.5 Å². The summed E-state index contributed by atoms with van der Waals surface area (Å²) in [5.74, 6) is 2.06. The Morgan fingerprint density at radius 1 is 1.00 bits per heavy atom. The monoisotopic (exact) mass is 499 g/mol. The van der Waals surface area contributed by atoms with Crippen LogP contribution >= 0.6 is 0 Å². The second-order valence-electron chi connectivity index (χ2n) is 8.16. The number of benzene rings is 1. The van der Waals surface area contributed by atoms with Gasteiger partial charge in [0.2, 0.25) is 11.7 Å². The van der Waals surface area contributed by atoms with Crippen molar-refractivity contribution in [3.05, 3.63) is 78.0 Å². The summed E-state index contributed by atoms with van der Waals surface area (Å²) in [4.78, 5) is 26.5. The minimum Gasteiger partial charge on any atom is -0.493 e. The average molecular weight is 500 g/mol. The Morgan fingerprint density at radius 3 is 2.35 bits per heavy atom. The number of nitrogens with zero attached hydrogens (tertiary/aromatic N) is 5. The predicted molar refractivity (Wildman–Crippen MR) is 137 cm³/mol. The Balaban J connectivity index is 1.61. The van der Waals surface area contributed by atoms with E-state index in [9.17, 15) is 4.79 Å². The molecule has 4 aromatic rings. The Kier molecular flexibility index (Phi) is 6.42. The molecule has 0 aliphatic carbocycles. The number of fused-ring (bicyclic) bond motifs is 1. The van der Waals surface area contributed by atoms with E-state index in [0.717, 1.165) is 5.56 Å². The second-order valence-corrected chi connectivity index (χ2v) is 8.16. The van der Waals surface area contributed by atoms with Crippen molar-refractivity contribution in [2.75, 3.05) is 32.0 Å². The highest BCUT2D eigenvalue weighted by Gasteiger charge is 2.34. The van der Waals surface area contributed by atoms with Gasteiger partial charge in [-0.3, -0.25) is 14.8 Å². The van der Waals surface area contributed by atoms with Crippen LogP contribution in [0.5, 0.6) is 17.2 Å². The Labute approximate surface area is 213 Å². The summed E-state index contributed by atoms with van der Waals surface area (Å²) in [5.41, 5.74) is 3.22. The largest absolute Gasteiger partial charge is 0.493 e. The number of ether oxygens (including phenoxy) is 3. The van der Waals surface area contributed by atoms with Crippen LogP contribution in [0.25, 0.3) is 11.4 Å². The zero-order chi connectivity index (χ0) is 25.9. The summed E-state index contributed by atoms with van der Waals surface area (Å²) in [6, 6.07) is 10.2. The van der Waals surface area contributed by atoms with Gasteiger partial charge in [-0.15, -0.1) is 5.10 Å². The van der Waals surface area contributed by atoms with Crippen LogP contribution in [0.3, 0.4) is 0 Å². The van der Waals surface area contributed by atoms with Crippen molar-refractivity contribution in [1.82, 2.24) is 24.7 Å². The maximum Gasteiger partial charge on any atom is 0.255 e. The van der Waals surface area contributed by atoms with E-state index < -0.39 is 6.04 Å². The fourth-order valence-corrected chi connectivity index (χ4v) is 4.27. The minimum atomic E-state index is -0.556. The second kappa shape index (κ2) is 9.97. The Bertz CT molecular complexity index is 1440. The van der Waals surface area contributed by atoms with E-state index in [1.807, 2.05) is 19.1 Å². The third-order valence-electron chi connectivity index (χ3n) is 5.96. The van der Waals surface area contributed by atoms with Gasteiger partial charge in [0.25, 0.3) is 5.91 Å². The third kappa shape index (κ3) is 4.42. The highest BCUT2D eigenvalue weighted by Crippen LogP contribution is 2.42. The van der Waals surface area contributed by atoms with Gasteiger partial charge in [0, 0.05) is 29.9 Å². The molecule has 1 aliphatic rings. The molecule has 1 atom stereocenters. The highest BCUT2D eigenvalue weighted by molar-refractivity contribution is 6.05. The molecule has 37 heavy (non-hydrogen) atoms. The first-order chi connectivity index (χ1) is 18.0. The van der Waals surface area contributed by atoms with Crippen LogP contribution in [0, 0.1) is 0 Å². The summed E-state index contributed by atoms with van der Waals surface area (Å²) < 4.78 is 18.1. The first-order valence-electron chi connectivity index (χ1n) is 11.4. The normalized spacial score (nSPS) is 14.4. The minimum absolute atomic E-state index is 0.282. The summed E-state index contributed by atoms with van der Waals surface area (Å²) in [6.45, 7) is 1.84. The standard InChI is InChI=1S/C26H25N7O4/c1-15-21(25(34)30-18-6-5-9-28-14-18)22(16-7-10-27-11-8-16)33-26(29-15)31-24(32-33)17-12-19(35-2)23(37-4)20(13-17)36-3/h5-14,22H,1-4H3,(H,30,34)(H,29,31,32)/t22-/m0/s1. The molecular formula is C26H25N7O4. The van der Waals surface area contributed by atoms with E-state index in [4.69, 9.17) is 24.3 Å². The molecule has 1 aromatic carbocycles. The smallest absolute Gasteiger partial charge is 0.255 e. The van der Waals surface area contributed by atoms with Crippen LogP contribution in [0.2, 0.25) is 0 Å². The van der Waals surface area contributed by atoms with Gasteiger partial charge in [0.05, 0.1) is 38.8 Å². The lowest BCUT2D eigenvalue weighted by atomic mass is 9.96. The van der Waals surface area contributed by atoms with E-state index in [0.29, 0.717) is 51.5 Å². The first-order valence-corrected chi connectivity index (χ1v) is 11.4. The molecule has 2 N–H and O–H groups in total. The molecule has 3 aromatic heterocycles. The number of pyridine rings is 2. The molecular weight excluding hydrogens is 474 g/mol. The maximum atomic E-state index is 13.5. The van der Waals surface area contributed by atoms with Crippen molar-refractivity contribution in [1.29, 1.82) is 0 Å². The van der Waals surface area contributed by atoms with Crippen LogP contribution in [-0.4, -0.2) is 52.0 Å². The number of hydrogen-bond acceptors (Lipinski definition) is 9. The number of carbonyl (C=O) groups is 1. The SMILES string of the molecule is COc1cc(-c2nc3n(n2)[C@@H](c2ccncc2)C(C(=O)Nc2cccnc2)=C(C)N3)cc(OC)c1OC. The van der Waals surface area contributed by atoms with Gasteiger partial charge in [0.15, 0.2) is 17.3 Å². The molecule has 0 saturated carbocycles. The molecule has 0 unspecified atom stereocenters. The summed E-state index contributed by atoms with van der Waals surface area (Å²) >= 11 is 0. The van der Waals surface area contributed by atoms with Gasteiger partial charge >= 0.3 is 0 Å². The number of rotatable bonds is 7. The first kappa shape index (κ1) is 23.8. The molecule has 0 radical (unpaired) electrons. The number of allylic oxidation sites excluding steroid dienone is 1. The van der Waals surface area contributed by atoms with E-state index in [-0.39, 0.29) is 5.91 Å². The van der Waals surface area contributed by atoms with Gasteiger partial charge < -0.3 is 24.8 Å². The fourth-order valence-electron chi connectivity index (χ4n) is 4.27. The van der Waals surface area contributed by atoms with Crippen LogP contribution in [-0.2, 0) is 4.79 Å². The lowest BCUT2D eigenvalue weighted by molar-refractivity contribution is -0.113. The Morgan fingerprint density at radius 2 is 1.73 bits per heavy atom. The lowest BCUT2D eigenvalue weighted by Gasteiger charge is -2.28. The molecule has 4 heterocycles. The molecule has 0 fully saturated rings. The molecule has 0 saturated heterocycles. The maximum absolute atomic E-state index is 13.5. The number of anilines is 2. The molecule has 1 amide bonds. The quantitative estimate of drug-likeness (QED) is 0.392. The molecule has 0 spiro atoms. The molecule has 188 valence electrons. The van der Waals surface area contributed by atoms with Crippen LogP contribution in [0.4, 0.5) is 11.6 Å². The zero-order valence-corrected chi connectivity index (χ0v) is 20.7. The topological polar surface area (TPSA) is 125 Å². The Hall–Kier alpha value is -4.93. The number of carbonyl (C=O) groups excluding carboxylic acids is 1. The molecule has 11 heteroatoms. The molecule has 11 nitrogen and oxygen atoms in total. The van der Waals surface area contributed by atoms with Crippen molar-refractivity contribution < 1.29 is 19.0 Å². The average Bonchev–Trinajstić information content (AvgIpc) is 3.36. The lowest BCUT2D eigenvalue weighted by Crippen LogP contribution is -2.31. The van der Waals surface area contributed by atoms with E-state index in [2.05, 4.69) is 20.6 Å². The molecule has 1 aliphatic heterocycles. The van der Waals surface area contributed by atoms with Gasteiger partial charge in [-0.1, -0.05) is 0 Å². The van der Waals surface area contributed by atoms with Gasteiger partial charge in [0.1, 0.15) is 6.04 Å². The van der Waals surface area contributed by atoms with E-state index in [1.165, 1.54) is 0 Å². The van der Waals surface area contributed by atoms with Crippen molar-refractivity contribution in [3.63, 3.8) is 0 Å². The van der Waals surface area contributed by atoms with Crippen LogP contribution < -0.4 is 24.8 Å². The van der Waals surface area contributed by atoms with E-state index in [1.54, 1.807) is 75.1 Å². The van der Waals surface area contributed by atoms with E-state index >= 15 is 0 Å².